The lowest BCUT2D eigenvalue weighted by Gasteiger charge is -2.09. The van der Waals surface area contributed by atoms with Crippen LogP contribution in [0.15, 0.2) is 72.8 Å². The fourth-order valence-electron chi connectivity index (χ4n) is 2.19. The highest BCUT2D eigenvalue weighted by molar-refractivity contribution is 5.65. The lowest BCUT2D eigenvalue weighted by molar-refractivity contribution is 0.409. The molecule has 110 valence electrons. The highest BCUT2D eigenvalue weighted by Gasteiger charge is 2.03. The number of aromatic hydroxyl groups is 1. The Kier molecular flexibility index (Phi) is 3.97. The maximum Gasteiger partial charge on any atom is 0.131 e. The summed E-state index contributed by atoms with van der Waals surface area (Å²) in [6.45, 7) is 0. The maximum absolute atomic E-state index is 9.37. The number of hydrogen-bond donors (Lipinski definition) is 1. The van der Waals surface area contributed by atoms with Crippen LogP contribution in [0.4, 0.5) is 0 Å². The number of ether oxygens (including phenoxy) is 2. The van der Waals surface area contributed by atoms with Crippen molar-refractivity contribution in [2.45, 2.75) is 0 Å². The van der Waals surface area contributed by atoms with Gasteiger partial charge in [0.05, 0.1) is 7.11 Å². The number of methoxy groups -OCH3 is 1. The van der Waals surface area contributed by atoms with Gasteiger partial charge in [-0.05, 0) is 47.5 Å². The van der Waals surface area contributed by atoms with Crippen molar-refractivity contribution in [3.63, 3.8) is 0 Å². The minimum absolute atomic E-state index is 0.257. The molecule has 0 radical (unpaired) electrons. The van der Waals surface area contributed by atoms with Crippen LogP contribution in [-0.4, -0.2) is 12.2 Å². The molecule has 3 nitrogen and oxygen atoms in total. The van der Waals surface area contributed by atoms with Crippen molar-refractivity contribution < 1.29 is 14.6 Å². The normalized spacial score (nSPS) is 10.2. The van der Waals surface area contributed by atoms with E-state index in [-0.39, 0.29) is 5.75 Å². The highest BCUT2D eigenvalue weighted by atomic mass is 16.5. The summed E-state index contributed by atoms with van der Waals surface area (Å²) in [5, 5.41) is 9.37. The number of hydrogen-bond acceptors (Lipinski definition) is 3. The first-order valence-electron chi connectivity index (χ1n) is 6.96. The molecule has 0 heterocycles. The molecular weight excluding hydrogens is 276 g/mol. The number of benzene rings is 3. The Bertz CT molecular complexity index is 764. The molecule has 0 spiro atoms. The van der Waals surface area contributed by atoms with E-state index in [1.165, 1.54) is 0 Å². The van der Waals surface area contributed by atoms with Crippen molar-refractivity contribution in [1.82, 2.24) is 0 Å². The lowest BCUT2D eigenvalue weighted by Crippen LogP contribution is -1.87. The Balaban J connectivity index is 1.86. The predicted octanol–water partition coefficient (Wildman–Crippen LogP) is 4.86. The van der Waals surface area contributed by atoms with Gasteiger partial charge in [0, 0.05) is 6.07 Å². The SMILES string of the molecule is COc1cccc(Oc2cccc(-c3ccc(O)cc3)c2)c1. The molecule has 3 rings (SSSR count). The third-order valence-corrected chi connectivity index (χ3v) is 3.31. The Morgan fingerprint density at radius 1 is 0.682 bits per heavy atom. The summed E-state index contributed by atoms with van der Waals surface area (Å²) >= 11 is 0. The summed E-state index contributed by atoms with van der Waals surface area (Å²) in [4.78, 5) is 0. The highest BCUT2D eigenvalue weighted by Crippen LogP contribution is 2.29. The third-order valence-electron chi connectivity index (χ3n) is 3.31. The quantitative estimate of drug-likeness (QED) is 0.746. The summed E-state index contributed by atoms with van der Waals surface area (Å²) in [6, 6.07) is 22.4. The molecule has 0 saturated heterocycles. The van der Waals surface area contributed by atoms with Gasteiger partial charge in [-0.3, -0.25) is 0 Å². The summed E-state index contributed by atoms with van der Waals surface area (Å²) in [7, 11) is 1.63. The van der Waals surface area contributed by atoms with Crippen LogP contribution in [0, 0.1) is 0 Å². The van der Waals surface area contributed by atoms with Crippen molar-refractivity contribution >= 4 is 0 Å². The predicted molar refractivity (Wildman–Crippen MR) is 86.6 cm³/mol. The standard InChI is InChI=1S/C19H16O3/c1-21-17-5-3-7-19(13-17)22-18-6-2-4-15(12-18)14-8-10-16(20)11-9-14/h2-13,20H,1H3. The first-order valence-corrected chi connectivity index (χ1v) is 6.96. The Labute approximate surface area is 129 Å². The van der Waals surface area contributed by atoms with Crippen LogP contribution in [0.3, 0.4) is 0 Å². The average molecular weight is 292 g/mol. The molecule has 0 aromatic heterocycles. The molecule has 0 bridgehead atoms. The second kappa shape index (κ2) is 6.22. The minimum atomic E-state index is 0.257. The third kappa shape index (κ3) is 3.20. The maximum atomic E-state index is 9.37. The number of rotatable bonds is 4. The minimum Gasteiger partial charge on any atom is -0.508 e. The first kappa shape index (κ1) is 14.0. The van der Waals surface area contributed by atoms with Gasteiger partial charge in [-0.25, -0.2) is 0 Å². The molecule has 3 heteroatoms. The molecule has 0 aliphatic heterocycles. The summed E-state index contributed by atoms with van der Waals surface area (Å²) in [5.41, 5.74) is 2.05. The second-order valence-electron chi connectivity index (χ2n) is 4.86. The van der Waals surface area contributed by atoms with Gasteiger partial charge in [0.1, 0.15) is 23.0 Å². The zero-order chi connectivity index (χ0) is 15.4. The van der Waals surface area contributed by atoms with Gasteiger partial charge in [0.2, 0.25) is 0 Å². The van der Waals surface area contributed by atoms with Crippen LogP contribution in [0.2, 0.25) is 0 Å². The number of phenols is 1. The van der Waals surface area contributed by atoms with E-state index < -0.39 is 0 Å². The van der Waals surface area contributed by atoms with E-state index in [0.717, 1.165) is 28.4 Å². The van der Waals surface area contributed by atoms with Crippen LogP contribution in [0.1, 0.15) is 0 Å². The molecule has 3 aromatic carbocycles. The van der Waals surface area contributed by atoms with Crippen LogP contribution in [0.25, 0.3) is 11.1 Å². The van der Waals surface area contributed by atoms with Gasteiger partial charge in [-0.15, -0.1) is 0 Å². The van der Waals surface area contributed by atoms with E-state index in [9.17, 15) is 5.11 Å². The Morgan fingerprint density at radius 2 is 1.32 bits per heavy atom. The van der Waals surface area contributed by atoms with Gasteiger partial charge in [0.25, 0.3) is 0 Å². The molecular formula is C19H16O3. The van der Waals surface area contributed by atoms with Gasteiger partial charge < -0.3 is 14.6 Å². The van der Waals surface area contributed by atoms with Crippen LogP contribution in [-0.2, 0) is 0 Å². The van der Waals surface area contributed by atoms with E-state index in [2.05, 4.69) is 0 Å². The van der Waals surface area contributed by atoms with Gasteiger partial charge in [-0.1, -0.05) is 30.3 Å². The fraction of sp³-hybridized carbons (Fsp3) is 0.0526. The van der Waals surface area contributed by atoms with Gasteiger partial charge >= 0.3 is 0 Å². The second-order valence-corrected chi connectivity index (χ2v) is 4.86. The Morgan fingerprint density at radius 3 is 2.05 bits per heavy atom. The van der Waals surface area contributed by atoms with Crippen LogP contribution in [0.5, 0.6) is 23.0 Å². The molecule has 0 amide bonds. The van der Waals surface area contributed by atoms with E-state index in [0.29, 0.717) is 0 Å². The number of phenolic OH excluding ortho intramolecular Hbond substituents is 1. The van der Waals surface area contributed by atoms with Crippen LogP contribution < -0.4 is 9.47 Å². The molecule has 3 aromatic rings. The van der Waals surface area contributed by atoms with E-state index in [1.54, 1.807) is 19.2 Å². The zero-order valence-electron chi connectivity index (χ0n) is 12.2. The molecule has 0 atom stereocenters. The average Bonchev–Trinajstić information content (AvgIpc) is 2.56. The van der Waals surface area contributed by atoms with E-state index in [4.69, 9.17) is 9.47 Å². The smallest absolute Gasteiger partial charge is 0.131 e. The molecule has 0 fully saturated rings. The lowest BCUT2D eigenvalue weighted by atomic mass is 10.1. The van der Waals surface area contributed by atoms with Gasteiger partial charge in [0.15, 0.2) is 0 Å². The van der Waals surface area contributed by atoms with Crippen molar-refractivity contribution in [3.05, 3.63) is 72.8 Å². The topological polar surface area (TPSA) is 38.7 Å². The molecule has 0 aliphatic carbocycles. The van der Waals surface area contributed by atoms with Crippen molar-refractivity contribution in [2.75, 3.05) is 7.11 Å². The summed E-state index contributed by atoms with van der Waals surface area (Å²) < 4.78 is 11.1. The van der Waals surface area contributed by atoms with Crippen LogP contribution >= 0.6 is 0 Å². The molecule has 0 unspecified atom stereocenters. The van der Waals surface area contributed by atoms with Crippen molar-refractivity contribution in [1.29, 1.82) is 0 Å². The van der Waals surface area contributed by atoms with E-state index >= 15 is 0 Å². The molecule has 0 aliphatic rings. The summed E-state index contributed by atoms with van der Waals surface area (Å²) in [6.07, 6.45) is 0. The van der Waals surface area contributed by atoms with Crippen molar-refractivity contribution in [2.24, 2.45) is 0 Å². The van der Waals surface area contributed by atoms with Crippen molar-refractivity contribution in [3.8, 4) is 34.1 Å². The molecule has 1 N–H and O–H groups in total. The molecule has 22 heavy (non-hydrogen) atoms. The molecule has 0 saturated carbocycles. The largest absolute Gasteiger partial charge is 0.508 e. The summed E-state index contributed by atoms with van der Waals surface area (Å²) in [5.74, 6) is 2.49. The zero-order valence-corrected chi connectivity index (χ0v) is 12.2. The van der Waals surface area contributed by atoms with Gasteiger partial charge in [-0.2, -0.15) is 0 Å². The Hall–Kier alpha value is -2.94. The first-order chi connectivity index (χ1) is 10.7. The monoisotopic (exact) mass is 292 g/mol. The van der Waals surface area contributed by atoms with E-state index in [1.807, 2.05) is 60.7 Å². The fourth-order valence-corrected chi connectivity index (χ4v) is 2.19.